The SMILES string of the molecule is CC(Cl)C(=O)NC1=Nc2ccccc2N=CC1c1ccccc1. The van der Waals surface area contributed by atoms with Gasteiger partial charge in [0.05, 0.1) is 17.3 Å². The third kappa shape index (κ3) is 3.48. The molecule has 1 N–H and O–H groups in total. The second-order valence-electron chi connectivity index (χ2n) is 5.26. The minimum absolute atomic E-state index is 0.233. The van der Waals surface area contributed by atoms with Gasteiger partial charge in [0.2, 0.25) is 5.91 Å². The molecule has 0 radical (unpaired) electrons. The van der Waals surface area contributed by atoms with E-state index < -0.39 is 5.38 Å². The lowest BCUT2D eigenvalue weighted by Gasteiger charge is -2.16. The van der Waals surface area contributed by atoms with Crippen LogP contribution in [0.5, 0.6) is 0 Å². The minimum Gasteiger partial charge on any atom is -0.312 e. The standard InChI is InChI=1S/C18H16ClN3O/c1-12(19)18(23)22-17-14(13-7-3-2-4-8-13)11-20-15-9-5-6-10-16(15)21-17/h2-12,14H,1H3,(H,21,22,23). The maximum atomic E-state index is 12.0. The number of benzene rings is 2. The summed E-state index contributed by atoms with van der Waals surface area (Å²) < 4.78 is 0. The van der Waals surface area contributed by atoms with E-state index in [1.54, 1.807) is 13.1 Å². The molecule has 3 rings (SSSR count). The number of para-hydroxylation sites is 2. The van der Waals surface area contributed by atoms with Crippen molar-refractivity contribution in [2.45, 2.75) is 18.2 Å². The largest absolute Gasteiger partial charge is 0.312 e. The normalized spacial score (nSPS) is 17.7. The third-order valence-electron chi connectivity index (χ3n) is 3.55. The number of amides is 1. The van der Waals surface area contributed by atoms with Gasteiger partial charge in [0.15, 0.2) is 0 Å². The van der Waals surface area contributed by atoms with Crippen LogP contribution in [0.3, 0.4) is 0 Å². The van der Waals surface area contributed by atoms with Crippen LogP contribution >= 0.6 is 11.6 Å². The summed E-state index contributed by atoms with van der Waals surface area (Å²) in [5.41, 5.74) is 2.50. The summed E-state index contributed by atoms with van der Waals surface area (Å²) in [6, 6.07) is 17.4. The zero-order valence-electron chi connectivity index (χ0n) is 12.6. The zero-order valence-corrected chi connectivity index (χ0v) is 13.4. The summed E-state index contributed by atoms with van der Waals surface area (Å²) in [7, 11) is 0. The molecule has 0 aromatic heterocycles. The fourth-order valence-corrected chi connectivity index (χ4v) is 2.38. The van der Waals surface area contributed by atoms with Crippen LogP contribution in [-0.2, 0) is 4.79 Å². The Labute approximate surface area is 139 Å². The van der Waals surface area contributed by atoms with Crippen LogP contribution in [0.4, 0.5) is 11.4 Å². The van der Waals surface area contributed by atoms with Gasteiger partial charge in [0, 0.05) is 6.21 Å². The number of nitrogens with one attached hydrogen (secondary N) is 1. The summed E-state index contributed by atoms with van der Waals surface area (Å²) in [6.45, 7) is 1.63. The molecule has 2 aromatic rings. The van der Waals surface area contributed by atoms with E-state index in [-0.39, 0.29) is 11.8 Å². The molecule has 5 heteroatoms. The summed E-state index contributed by atoms with van der Waals surface area (Å²) >= 11 is 5.88. The van der Waals surface area contributed by atoms with Gasteiger partial charge in [-0.15, -0.1) is 11.6 Å². The molecular formula is C18H16ClN3O. The first-order valence-corrected chi connectivity index (χ1v) is 7.80. The van der Waals surface area contributed by atoms with Crippen LogP contribution in [0.15, 0.2) is 64.6 Å². The van der Waals surface area contributed by atoms with Gasteiger partial charge in [-0.1, -0.05) is 42.5 Å². The van der Waals surface area contributed by atoms with Crippen molar-refractivity contribution in [3.8, 4) is 0 Å². The second-order valence-corrected chi connectivity index (χ2v) is 5.91. The lowest BCUT2D eigenvalue weighted by molar-refractivity contribution is -0.119. The molecule has 0 spiro atoms. The van der Waals surface area contributed by atoms with Crippen LogP contribution in [-0.4, -0.2) is 23.3 Å². The van der Waals surface area contributed by atoms with Crippen molar-refractivity contribution >= 4 is 40.9 Å². The Morgan fingerprint density at radius 1 is 1.09 bits per heavy atom. The Hall–Kier alpha value is -2.46. The van der Waals surface area contributed by atoms with Crippen LogP contribution in [0.25, 0.3) is 0 Å². The number of alkyl halides is 1. The molecule has 2 aromatic carbocycles. The van der Waals surface area contributed by atoms with Crippen molar-refractivity contribution in [2.24, 2.45) is 9.98 Å². The Kier molecular flexibility index (Phi) is 4.53. The van der Waals surface area contributed by atoms with Gasteiger partial charge in [-0.3, -0.25) is 9.79 Å². The van der Waals surface area contributed by atoms with E-state index in [1.165, 1.54) is 0 Å². The molecule has 0 saturated carbocycles. The fourth-order valence-electron chi connectivity index (χ4n) is 2.33. The van der Waals surface area contributed by atoms with E-state index in [2.05, 4.69) is 15.3 Å². The number of amidine groups is 1. The highest BCUT2D eigenvalue weighted by Gasteiger charge is 2.23. The molecule has 0 saturated heterocycles. The molecule has 116 valence electrons. The second kappa shape index (κ2) is 6.75. The van der Waals surface area contributed by atoms with Gasteiger partial charge in [-0.25, -0.2) is 4.99 Å². The molecule has 1 aliphatic rings. The number of nitrogens with zero attached hydrogens (tertiary/aromatic N) is 2. The predicted octanol–water partition coefficient (Wildman–Crippen LogP) is 3.96. The van der Waals surface area contributed by atoms with Crippen molar-refractivity contribution in [1.82, 2.24) is 5.32 Å². The van der Waals surface area contributed by atoms with E-state index in [9.17, 15) is 4.79 Å². The van der Waals surface area contributed by atoms with Crippen LogP contribution in [0.2, 0.25) is 0 Å². The zero-order chi connectivity index (χ0) is 16.2. The van der Waals surface area contributed by atoms with Gasteiger partial charge in [-0.05, 0) is 24.6 Å². The maximum Gasteiger partial charge on any atom is 0.243 e. The molecule has 0 aliphatic carbocycles. The molecule has 1 amide bonds. The molecule has 1 heterocycles. The smallest absolute Gasteiger partial charge is 0.243 e. The van der Waals surface area contributed by atoms with Crippen molar-refractivity contribution < 1.29 is 4.79 Å². The van der Waals surface area contributed by atoms with Crippen LogP contribution < -0.4 is 5.32 Å². The van der Waals surface area contributed by atoms with E-state index in [1.807, 2.05) is 54.6 Å². The lowest BCUT2D eigenvalue weighted by atomic mass is 9.99. The molecular weight excluding hydrogens is 310 g/mol. The van der Waals surface area contributed by atoms with Gasteiger partial charge in [0.1, 0.15) is 11.2 Å². The monoisotopic (exact) mass is 325 g/mol. The molecule has 1 aliphatic heterocycles. The maximum absolute atomic E-state index is 12.0. The number of carbonyl (C=O) groups excluding carboxylic acids is 1. The topological polar surface area (TPSA) is 53.8 Å². The number of fused-ring (bicyclic) bond motifs is 1. The van der Waals surface area contributed by atoms with Crippen molar-refractivity contribution in [1.29, 1.82) is 0 Å². The van der Waals surface area contributed by atoms with E-state index in [0.29, 0.717) is 5.84 Å². The number of aliphatic imine (C=N–C) groups is 2. The molecule has 0 fully saturated rings. The lowest BCUT2D eigenvalue weighted by Crippen LogP contribution is -2.38. The van der Waals surface area contributed by atoms with Gasteiger partial charge >= 0.3 is 0 Å². The average Bonchev–Trinajstić information content (AvgIpc) is 2.74. The number of hydrogen-bond acceptors (Lipinski definition) is 3. The number of rotatable bonds is 2. The highest BCUT2D eigenvalue weighted by Crippen LogP contribution is 2.31. The highest BCUT2D eigenvalue weighted by atomic mass is 35.5. The predicted molar refractivity (Wildman–Crippen MR) is 94.3 cm³/mol. The summed E-state index contributed by atoms with van der Waals surface area (Å²) in [5.74, 6) is 0.0181. The van der Waals surface area contributed by atoms with Gasteiger partial charge in [-0.2, -0.15) is 0 Å². The quantitative estimate of drug-likeness (QED) is 0.835. The van der Waals surface area contributed by atoms with Crippen molar-refractivity contribution in [3.05, 3.63) is 60.2 Å². The minimum atomic E-state index is -0.635. The van der Waals surface area contributed by atoms with Crippen LogP contribution in [0.1, 0.15) is 18.4 Å². The fraction of sp³-hybridized carbons (Fsp3) is 0.167. The van der Waals surface area contributed by atoms with Crippen molar-refractivity contribution in [2.75, 3.05) is 0 Å². The van der Waals surface area contributed by atoms with Crippen molar-refractivity contribution in [3.63, 3.8) is 0 Å². The van der Waals surface area contributed by atoms with E-state index in [0.717, 1.165) is 16.9 Å². The number of halogens is 1. The first-order valence-electron chi connectivity index (χ1n) is 7.37. The van der Waals surface area contributed by atoms with Gasteiger partial charge < -0.3 is 5.32 Å². The molecule has 2 unspecified atom stereocenters. The molecule has 0 bridgehead atoms. The molecule has 2 atom stereocenters. The van der Waals surface area contributed by atoms with E-state index >= 15 is 0 Å². The summed E-state index contributed by atoms with van der Waals surface area (Å²) in [4.78, 5) is 21.2. The van der Waals surface area contributed by atoms with Gasteiger partial charge in [0.25, 0.3) is 0 Å². The Balaban J connectivity index is 2.05. The first-order chi connectivity index (χ1) is 11.1. The highest BCUT2D eigenvalue weighted by molar-refractivity contribution is 6.32. The Morgan fingerprint density at radius 3 is 2.43 bits per heavy atom. The average molecular weight is 326 g/mol. The van der Waals surface area contributed by atoms with E-state index in [4.69, 9.17) is 11.6 Å². The number of carbonyl (C=O) groups is 1. The first kappa shape index (κ1) is 15.4. The molecule has 23 heavy (non-hydrogen) atoms. The van der Waals surface area contributed by atoms with Crippen LogP contribution in [0, 0.1) is 0 Å². The summed E-state index contributed by atoms with van der Waals surface area (Å²) in [6.07, 6.45) is 1.80. The Bertz CT molecular complexity index is 769. The third-order valence-corrected chi connectivity index (χ3v) is 3.75. The Morgan fingerprint density at radius 2 is 1.74 bits per heavy atom. The molecule has 4 nitrogen and oxygen atoms in total. The summed E-state index contributed by atoms with van der Waals surface area (Å²) in [5, 5.41) is 2.20. The number of hydrogen-bond donors (Lipinski definition) is 1.